The maximum atomic E-state index is 12.7. The van der Waals surface area contributed by atoms with Crippen molar-refractivity contribution in [1.82, 2.24) is 19.8 Å². The monoisotopic (exact) mass is 405 g/mol. The van der Waals surface area contributed by atoms with Gasteiger partial charge >= 0.3 is 6.03 Å². The lowest BCUT2D eigenvalue weighted by atomic mass is 10.1. The molecule has 148 valence electrons. The summed E-state index contributed by atoms with van der Waals surface area (Å²) in [5.74, 6) is -0.638. The number of urea groups is 1. The van der Waals surface area contributed by atoms with E-state index in [1.807, 2.05) is 6.07 Å². The van der Waals surface area contributed by atoms with Gasteiger partial charge in [-0.2, -0.15) is 9.57 Å². The third kappa shape index (κ3) is 4.13. The fourth-order valence-corrected chi connectivity index (χ4v) is 4.54. The number of imide groups is 1. The number of benzene rings is 1. The number of nitriles is 1. The Labute approximate surface area is 162 Å². The molecule has 2 saturated heterocycles. The highest BCUT2D eigenvalue weighted by atomic mass is 32.2. The molecule has 0 bridgehead atoms. The molecule has 2 fully saturated rings. The van der Waals surface area contributed by atoms with Gasteiger partial charge in [-0.3, -0.25) is 14.9 Å². The van der Waals surface area contributed by atoms with Gasteiger partial charge < -0.3 is 10.2 Å². The van der Waals surface area contributed by atoms with Crippen molar-refractivity contribution in [3.63, 3.8) is 0 Å². The fraction of sp³-hybridized carbons (Fsp3) is 0.412. The third-order valence-electron chi connectivity index (χ3n) is 4.72. The summed E-state index contributed by atoms with van der Waals surface area (Å²) in [6.45, 7) is 0.818. The topological polar surface area (TPSA) is 140 Å². The van der Waals surface area contributed by atoms with Gasteiger partial charge in [0.2, 0.25) is 15.9 Å². The van der Waals surface area contributed by atoms with Crippen LogP contribution in [0.2, 0.25) is 0 Å². The molecule has 2 N–H and O–H groups in total. The van der Waals surface area contributed by atoms with Crippen LogP contribution in [0.15, 0.2) is 29.2 Å². The summed E-state index contributed by atoms with van der Waals surface area (Å²) in [5, 5.41) is 13.4. The van der Waals surface area contributed by atoms with Gasteiger partial charge in [0.05, 0.1) is 16.5 Å². The number of nitrogens with one attached hydrogen (secondary N) is 2. The van der Waals surface area contributed by atoms with Crippen LogP contribution in [0, 0.1) is 11.3 Å². The highest BCUT2D eigenvalue weighted by Gasteiger charge is 2.32. The van der Waals surface area contributed by atoms with Gasteiger partial charge in [0.15, 0.2) is 0 Å². The molecule has 0 aromatic heterocycles. The summed E-state index contributed by atoms with van der Waals surface area (Å²) in [6.07, 6.45) is 0.279. The Hall–Kier alpha value is -2.97. The Balaban J connectivity index is 1.53. The molecule has 1 atom stereocenters. The normalized spacial score (nSPS) is 20.4. The van der Waals surface area contributed by atoms with Crippen molar-refractivity contribution >= 4 is 27.9 Å². The van der Waals surface area contributed by atoms with Gasteiger partial charge in [-0.1, -0.05) is 0 Å². The first-order valence-electron chi connectivity index (χ1n) is 8.71. The number of carbonyl (C=O) groups excluding carboxylic acids is 3. The summed E-state index contributed by atoms with van der Waals surface area (Å²) in [7, 11) is -3.69. The second kappa shape index (κ2) is 7.95. The molecule has 2 aliphatic rings. The van der Waals surface area contributed by atoms with E-state index < -0.39 is 28.0 Å². The molecule has 1 aromatic rings. The van der Waals surface area contributed by atoms with Gasteiger partial charge in [0.25, 0.3) is 5.91 Å². The van der Waals surface area contributed by atoms with Crippen molar-refractivity contribution in [2.45, 2.75) is 23.8 Å². The van der Waals surface area contributed by atoms with Crippen LogP contribution in [0.3, 0.4) is 0 Å². The quantitative estimate of drug-likeness (QED) is 0.626. The lowest BCUT2D eigenvalue weighted by Crippen LogP contribution is -2.50. The first kappa shape index (κ1) is 19.8. The first-order valence-corrected chi connectivity index (χ1v) is 10.1. The second-order valence-electron chi connectivity index (χ2n) is 6.48. The second-order valence-corrected chi connectivity index (χ2v) is 8.41. The molecule has 0 aliphatic carbocycles. The molecule has 3 rings (SSSR count). The summed E-state index contributed by atoms with van der Waals surface area (Å²) in [6, 6.07) is 6.35. The van der Waals surface area contributed by atoms with Crippen LogP contribution in [0.1, 0.15) is 18.4 Å². The van der Waals surface area contributed by atoms with Crippen molar-refractivity contribution in [1.29, 1.82) is 5.26 Å². The van der Waals surface area contributed by atoms with Crippen LogP contribution in [-0.4, -0.2) is 67.7 Å². The Kier molecular flexibility index (Phi) is 5.62. The number of amides is 4. The van der Waals surface area contributed by atoms with E-state index in [0.29, 0.717) is 5.56 Å². The summed E-state index contributed by atoms with van der Waals surface area (Å²) < 4.78 is 26.7. The minimum absolute atomic E-state index is 0.0841. The average Bonchev–Trinajstić information content (AvgIpc) is 3.03. The first-order chi connectivity index (χ1) is 13.3. The van der Waals surface area contributed by atoms with Gasteiger partial charge in [0.1, 0.15) is 6.04 Å². The van der Waals surface area contributed by atoms with Gasteiger partial charge in [0, 0.05) is 32.6 Å². The highest BCUT2D eigenvalue weighted by Crippen LogP contribution is 2.19. The number of carbonyl (C=O) groups is 3. The minimum Gasteiger partial charge on any atom is -0.340 e. The third-order valence-corrected chi connectivity index (χ3v) is 6.63. The van der Waals surface area contributed by atoms with E-state index in [1.165, 1.54) is 28.6 Å². The van der Waals surface area contributed by atoms with Crippen LogP contribution in [0.5, 0.6) is 0 Å². The van der Waals surface area contributed by atoms with E-state index in [0.717, 1.165) is 0 Å². The van der Waals surface area contributed by atoms with E-state index in [2.05, 4.69) is 10.6 Å². The van der Waals surface area contributed by atoms with E-state index in [-0.39, 0.29) is 49.8 Å². The number of nitrogens with zero attached hydrogens (tertiary/aromatic N) is 3. The zero-order valence-corrected chi connectivity index (χ0v) is 15.7. The summed E-state index contributed by atoms with van der Waals surface area (Å²) in [5.41, 5.74) is 0.376. The number of hydrogen-bond acceptors (Lipinski definition) is 6. The molecule has 28 heavy (non-hydrogen) atoms. The molecule has 11 heteroatoms. The highest BCUT2D eigenvalue weighted by molar-refractivity contribution is 7.89. The lowest BCUT2D eigenvalue weighted by Gasteiger charge is -2.34. The zero-order chi connectivity index (χ0) is 20.3. The van der Waals surface area contributed by atoms with Crippen molar-refractivity contribution in [3.05, 3.63) is 29.8 Å². The SMILES string of the molecule is N#Cc1ccc(S(=O)(=O)N2CCN(C(=O)CC[C@H]3NC(=O)NC3=O)CC2)cc1. The van der Waals surface area contributed by atoms with Crippen molar-refractivity contribution in [2.24, 2.45) is 0 Å². The maximum absolute atomic E-state index is 12.7. The molecule has 1 aromatic carbocycles. The molecule has 2 heterocycles. The van der Waals surface area contributed by atoms with Crippen LogP contribution >= 0.6 is 0 Å². The molecular weight excluding hydrogens is 386 g/mol. The molecule has 4 amide bonds. The van der Waals surface area contributed by atoms with Crippen molar-refractivity contribution in [3.8, 4) is 6.07 Å². The Morgan fingerprint density at radius 2 is 1.79 bits per heavy atom. The van der Waals surface area contributed by atoms with Crippen molar-refractivity contribution < 1.29 is 22.8 Å². The van der Waals surface area contributed by atoms with Crippen LogP contribution in [-0.2, 0) is 19.6 Å². The number of piperazine rings is 1. The van der Waals surface area contributed by atoms with Crippen LogP contribution in [0.4, 0.5) is 4.79 Å². The van der Waals surface area contributed by atoms with Gasteiger partial charge in [-0.25, -0.2) is 13.2 Å². The Morgan fingerprint density at radius 3 is 2.32 bits per heavy atom. The predicted molar refractivity (Wildman–Crippen MR) is 96.2 cm³/mol. The lowest BCUT2D eigenvalue weighted by molar-refractivity contribution is -0.132. The summed E-state index contributed by atoms with van der Waals surface area (Å²) in [4.78, 5) is 36.6. The standard InChI is InChI=1S/C17H19N5O5S/c18-11-12-1-3-13(4-2-12)28(26,27)22-9-7-21(8-10-22)15(23)6-5-14-16(24)20-17(25)19-14/h1-4,14H,5-10H2,(H2,19,20,24,25)/t14-/m1/s1. The number of hydrogen-bond donors (Lipinski definition) is 2. The zero-order valence-electron chi connectivity index (χ0n) is 14.9. The van der Waals surface area contributed by atoms with Gasteiger partial charge in [-0.15, -0.1) is 0 Å². The maximum Gasteiger partial charge on any atom is 0.322 e. The van der Waals surface area contributed by atoms with Crippen LogP contribution in [0.25, 0.3) is 0 Å². The van der Waals surface area contributed by atoms with E-state index >= 15 is 0 Å². The molecular formula is C17H19N5O5S. The van der Waals surface area contributed by atoms with Crippen molar-refractivity contribution in [2.75, 3.05) is 26.2 Å². The molecule has 0 radical (unpaired) electrons. The fourth-order valence-electron chi connectivity index (χ4n) is 3.12. The predicted octanol–water partition coefficient (Wildman–Crippen LogP) is -0.621. The molecule has 0 spiro atoms. The minimum atomic E-state index is -3.69. The molecule has 0 saturated carbocycles. The molecule has 0 unspecified atom stereocenters. The molecule has 2 aliphatic heterocycles. The van der Waals surface area contributed by atoms with Gasteiger partial charge in [-0.05, 0) is 30.7 Å². The van der Waals surface area contributed by atoms with Crippen LogP contribution < -0.4 is 10.6 Å². The Morgan fingerprint density at radius 1 is 1.14 bits per heavy atom. The van der Waals surface area contributed by atoms with E-state index in [1.54, 1.807) is 4.90 Å². The largest absolute Gasteiger partial charge is 0.340 e. The smallest absolute Gasteiger partial charge is 0.322 e. The number of sulfonamides is 1. The Bertz CT molecular complexity index is 930. The average molecular weight is 405 g/mol. The van der Waals surface area contributed by atoms with E-state index in [4.69, 9.17) is 5.26 Å². The summed E-state index contributed by atoms with van der Waals surface area (Å²) >= 11 is 0. The number of rotatable bonds is 5. The van der Waals surface area contributed by atoms with E-state index in [9.17, 15) is 22.8 Å². The molecule has 10 nitrogen and oxygen atoms in total.